The molecule has 0 radical (unpaired) electrons. The number of benzene rings is 1. The molecular formula is C19H23N7O2. The van der Waals surface area contributed by atoms with Crippen LogP contribution in [0.2, 0.25) is 0 Å². The van der Waals surface area contributed by atoms with Crippen molar-refractivity contribution in [3.8, 4) is 6.07 Å². The molecule has 2 heterocycles. The minimum Gasteiger partial charge on any atom is -0.339 e. The van der Waals surface area contributed by atoms with E-state index in [9.17, 15) is 9.59 Å². The van der Waals surface area contributed by atoms with Crippen LogP contribution < -0.4 is 5.32 Å². The van der Waals surface area contributed by atoms with E-state index in [1.54, 1.807) is 4.90 Å². The highest BCUT2D eigenvalue weighted by Gasteiger charge is 2.23. The van der Waals surface area contributed by atoms with Gasteiger partial charge in [0.15, 0.2) is 0 Å². The van der Waals surface area contributed by atoms with E-state index < -0.39 is 0 Å². The Hall–Kier alpha value is -3.25. The van der Waals surface area contributed by atoms with Gasteiger partial charge in [0.1, 0.15) is 18.9 Å². The molecule has 0 aliphatic carbocycles. The maximum absolute atomic E-state index is 12.4. The molecule has 1 N–H and O–H groups in total. The molecule has 0 atom stereocenters. The molecule has 9 heteroatoms. The summed E-state index contributed by atoms with van der Waals surface area (Å²) in [5.74, 6) is -0.0784. The smallest absolute Gasteiger partial charge is 0.252 e. The number of carbonyl (C=O) groups is 2. The number of hydrogen-bond donors (Lipinski definition) is 1. The summed E-state index contributed by atoms with van der Waals surface area (Å²) < 4.78 is 1.37. The molecule has 28 heavy (non-hydrogen) atoms. The average molecular weight is 381 g/mol. The van der Waals surface area contributed by atoms with Gasteiger partial charge in [0, 0.05) is 31.9 Å². The van der Waals surface area contributed by atoms with Crippen molar-refractivity contribution in [3.05, 3.63) is 41.5 Å². The molecule has 1 fully saturated rings. The van der Waals surface area contributed by atoms with E-state index in [-0.39, 0.29) is 24.2 Å². The summed E-state index contributed by atoms with van der Waals surface area (Å²) in [5.41, 5.74) is 2.94. The van der Waals surface area contributed by atoms with Gasteiger partial charge in [-0.05, 0) is 25.0 Å². The monoisotopic (exact) mass is 381 g/mol. The number of aryl methyl sites for hydroxylation is 2. The van der Waals surface area contributed by atoms with E-state index in [0.29, 0.717) is 32.7 Å². The minimum atomic E-state index is -0.0750. The maximum Gasteiger partial charge on any atom is 0.252 e. The van der Waals surface area contributed by atoms with Crippen LogP contribution in [0.4, 0.5) is 5.69 Å². The van der Waals surface area contributed by atoms with Crippen LogP contribution in [0.5, 0.6) is 0 Å². The van der Waals surface area contributed by atoms with E-state index in [4.69, 9.17) is 5.26 Å². The van der Waals surface area contributed by atoms with Crippen molar-refractivity contribution in [1.82, 2.24) is 24.6 Å². The lowest BCUT2D eigenvalue weighted by molar-refractivity contribution is -0.133. The molecule has 1 aliphatic rings. The van der Waals surface area contributed by atoms with E-state index in [2.05, 4.69) is 15.4 Å². The van der Waals surface area contributed by atoms with Gasteiger partial charge < -0.3 is 10.2 Å². The lowest BCUT2D eigenvalue weighted by atomic mass is 10.1. The quantitative estimate of drug-likeness (QED) is 0.810. The number of piperazine rings is 1. The largest absolute Gasteiger partial charge is 0.339 e. The van der Waals surface area contributed by atoms with Crippen molar-refractivity contribution in [1.29, 1.82) is 5.26 Å². The van der Waals surface area contributed by atoms with Crippen LogP contribution >= 0.6 is 0 Å². The molecule has 9 nitrogen and oxygen atoms in total. The third-order valence-electron chi connectivity index (χ3n) is 4.77. The number of rotatable bonds is 5. The predicted octanol–water partition coefficient (Wildman–Crippen LogP) is 0.550. The first-order valence-electron chi connectivity index (χ1n) is 9.12. The first-order valence-corrected chi connectivity index (χ1v) is 9.12. The molecule has 1 aromatic carbocycles. The lowest BCUT2D eigenvalue weighted by Crippen LogP contribution is -2.51. The zero-order valence-corrected chi connectivity index (χ0v) is 16.1. The molecule has 3 rings (SSSR count). The van der Waals surface area contributed by atoms with Gasteiger partial charge in [-0.1, -0.05) is 18.2 Å². The highest BCUT2D eigenvalue weighted by Crippen LogP contribution is 2.19. The number of aromatic nitrogens is 3. The number of nitriles is 1. The molecule has 1 aliphatic heterocycles. The molecule has 146 valence electrons. The van der Waals surface area contributed by atoms with Gasteiger partial charge in [-0.15, -0.1) is 5.10 Å². The first kappa shape index (κ1) is 19.5. The third-order valence-corrected chi connectivity index (χ3v) is 4.77. The number of amides is 2. The lowest BCUT2D eigenvalue weighted by Gasteiger charge is -2.34. The van der Waals surface area contributed by atoms with Crippen LogP contribution in [-0.4, -0.2) is 69.1 Å². The van der Waals surface area contributed by atoms with Crippen molar-refractivity contribution in [2.75, 3.05) is 38.0 Å². The van der Waals surface area contributed by atoms with Gasteiger partial charge in [0.25, 0.3) is 5.82 Å². The normalized spacial score (nSPS) is 14.5. The fourth-order valence-corrected chi connectivity index (χ4v) is 3.21. The zero-order valence-electron chi connectivity index (χ0n) is 16.1. The van der Waals surface area contributed by atoms with Gasteiger partial charge in [0.05, 0.1) is 6.54 Å². The van der Waals surface area contributed by atoms with Crippen LogP contribution in [0.3, 0.4) is 0 Å². The fraction of sp³-hybridized carbons (Fsp3) is 0.421. The van der Waals surface area contributed by atoms with Gasteiger partial charge in [-0.2, -0.15) is 5.26 Å². The SMILES string of the molecule is Cc1cccc(C)c1NC(=O)CN1CCN(C(=O)Cn2cnc(C#N)n2)CC1. The molecule has 0 bridgehead atoms. The van der Waals surface area contributed by atoms with Crippen molar-refractivity contribution in [2.24, 2.45) is 0 Å². The Bertz CT molecular complexity index is 887. The van der Waals surface area contributed by atoms with Crippen LogP contribution in [-0.2, 0) is 16.1 Å². The van der Waals surface area contributed by atoms with Crippen LogP contribution in [0.1, 0.15) is 17.0 Å². The Kier molecular flexibility index (Phi) is 6.01. The molecule has 1 aromatic heterocycles. The fourth-order valence-electron chi connectivity index (χ4n) is 3.21. The summed E-state index contributed by atoms with van der Waals surface area (Å²) in [6.07, 6.45) is 1.38. The van der Waals surface area contributed by atoms with E-state index in [1.165, 1.54) is 11.0 Å². The molecule has 2 aromatic rings. The van der Waals surface area contributed by atoms with E-state index >= 15 is 0 Å². The summed E-state index contributed by atoms with van der Waals surface area (Å²) in [6, 6.07) is 7.75. The standard InChI is InChI=1S/C19H23N7O2/c1-14-4-3-5-15(2)19(14)22-17(27)11-24-6-8-25(9-7-24)18(28)12-26-13-21-16(10-20)23-26/h3-5,13H,6-9,11-12H2,1-2H3,(H,22,27). The van der Waals surface area contributed by atoms with E-state index in [1.807, 2.05) is 43.0 Å². The summed E-state index contributed by atoms with van der Waals surface area (Å²) in [4.78, 5) is 32.3. The summed E-state index contributed by atoms with van der Waals surface area (Å²) in [5, 5.41) is 15.6. The number of para-hydroxylation sites is 1. The summed E-state index contributed by atoms with van der Waals surface area (Å²) >= 11 is 0. The molecule has 0 spiro atoms. The van der Waals surface area contributed by atoms with Crippen LogP contribution in [0, 0.1) is 25.2 Å². The molecule has 0 unspecified atom stereocenters. The minimum absolute atomic E-state index is 0.0486. The Balaban J connectivity index is 1.46. The molecule has 0 saturated carbocycles. The maximum atomic E-state index is 12.4. The van der Waals surface area contributed by atoms with Gasteiger partial charge in [-0.25, -0.2) is 9.67 Å². The third kappa shape index (κ3) is 4.72. The summed E-state index contributed by atoms with van der Waals surface area (Å²) in [6.45, 7) is 6.67. The topological polar surface area (TPSA) is 107 Å². The molecule has 2 amide bonds. The van der Waals surface area contributed by atoms with Crippen molar-refractivity contribution < 1.29 is 9.59 Å². The van der Waals surface area contributed by atoms with Crippen LogP contribution in [0.25, 0.3) is 0 Å². The number of anilines is 1. The van der Waals surface area contributed by atoms with Crippen LogP contribution in [0.15, 0.2) is 24.5 Å². The highest BCUT2D eigenvalue weighted by atomic mass is 16.2. The zero-order chi connectivity index (χ0) is 20.1. The van der Waals surface area contributed by atoms with Crippen molar-refractivity contribution in [2.45, 2.75) is 20.4 Å². The second kappa shape index (κ2) is 8.63. The van der Waals surface area contributed by atoms with Gasteiger partial charge in [-0.3, -0.25) is 14.5 Å². The average Bonchev–Trinajstić information content (AvgIpc) is 3.13. The summed E-state index contributed by atoms with van der Waals surface area (Å²) in [7, 11) is 0. The van der Waals surface area contributed by atoms with E-state index in [0.717, 1.165) is 16.8 Å². The first-order chi connectivity index (χ1) is 13.5. The number of nitrogens with one attached hydrogen (secondary N) is 1. The van der Waals surface area contributed by atoms with Crippen molar-refractivity contribution in [3.63, 3.8) is 0 Å². The van der Waals surface area contributed by atoms with Gasteiger partial charge in [0.2, 0.25) is 11.8 Å². The molecular weight excluding hydrogens is 358 g/mol. The Labute approximate surface area is 163 Å². The second-order valence-corrected chi connectivity index (χ2v) is 6.85. The molecule has 1 saturated heterocycles. The Morgan fingerprint density at radius 2 is 1.82 bits per heavy atom. The number of nitrogens with zero attached hydrogens (tertiary/aromatic N) is 6. The highest BCUT2D eigenvalue weighted by molar-refractivity contribution is 5.93. The predicted molar refractivity (Wildman–Crippen MR) is 102 cm³/mol. The number of hydrogen-bond acceptors (Lipinski definition) is 6. The van der Waals surface area contributed by atoms with Gasteiger partial charge >= 0.3 is 0 Å². The Morgan fingerprint density at radius 3 is 2.43 bits per heavy atom. The Morgan fingerprint density at radius 1 is 1.14 bits per heavy atom. The number of carbonyl (C=O) groups excluding carboxylic acids is 2. The van der Waals surface area contributed by atoms with Crippen molar-refractivity contribution >= 4 is 17.5 Å². The second-order valence-electron chi connectivity index (χ2n) is 6.85.